The van der Waals surface area contributed by atoms with Gasteiger partial charge < -0.3 is 20.5 Å². The number of nitrogen functional groups attached to an aromatic ring is 1. The lowest BCUT2D eigenvalue weighted by Crippen LogP contribution is -2.09. The number of nitrogens with one attached hydrogen (secondary N) is 1. The van der Waals surface area contributed by atoms with Crippen molar-refractivity contribution in [3.63, 3.8) is 0 Å². The number of nitrogens with two attached hydrogens (primary N) is 1. The van der Waals surface area contributed by atoms with E-state index in [1.54, 1.807) is 6.07 Å². The number of anilines is 2. The highest BCUT2D eigenvalue weighted by Crippen LogP contribution is 2.28. The zero-order valence-electron chi connectivity index (χ0n) is 11.9. The van der Waals surface area contributed by atoms with Crippen molar-refractivity contribution in [1.29, 1.82) is 0 Å². The summed E-state index contributed by atoms with van der Waals surface area (Å²) in [6.07, 6.45) is 0.751. The number of ether oxygens (including phenoxy) is 2. The van der Waals surface area contributed by atoms with Crippen molar-refractivity contribution in [3.05, 3.63) is 48.3 Å². The summed E-state index contributed by atoms with van der Waals surface area (Å²) >= 11 is 0. The van der Waals surface area contributed by atoms with E-state index in [-0.39, 0.29) is 5.69 Å². The third-order valence-corrected chi connectivity index (χ3v) is 2.97. The Bertz CT molecular complexity index is 576. The topological polar surface area (TPSA) is 56.5 Å². The second-order valence-corrected chi connectivity index (χ2v) is 4.52. The number of rotatable bonds is 7. The maximum Gasteiger partial charge on any atom is 0.148 e. The van der Waals surface area contributed by atoms with Crippen molar-refractivity contribution < 1.29 is 13.9 Å². The molecule has 0 unspecified atom stereocenters. The lowest BCUT2D eigenvalue weighted by molar-refractivity contribution is 0.315. The van der Waals surface area contributed by atoms with Gasteiger partial charge in [0.1, 0.15) is 17.3 Å². The van der Waals surface area contributed by atoms with Crippen LogP contribution in [0.15, 0.2) is 42.5 Å². The first-order valence-corrected chi connectivity index (χ1v) is 6.75. The SMILES string of the molecule is COc1cc(NCCCOc2ccccc2)c(F)cc1N. The lowest BCUT2D eigenvalue weighted by Gasteiger charge is -2.11. The van der Waals surface area contributed by atoms with Gasteiger partial charge in [-0.3, -0.25) is 0 Å². The first kappa shape index (κ1) is 15.0. The fourth-order valence-electron chi connectivity index (χ4n) is 1.88. The van der Waals surface area contributed by atoms with E-state index in [0.29, 0.717) is 24.6 Å². The Morgan fingerprint density at radius 1 is 1.19 bits per heavy atom. The zero-order chi connectivity index (χ0) is 15.1. The smallest absolute Gasteiger partial charge is 0.148 e. The van der Waals surface area contributed by atoms with Crippen molar-refractivity contribution in [3.8, 4) is 11.5 Å². The Hall–Kier alpha value is -2.43. The van der Waals surface area contributed by atoms with Gasteiger partial charge in [-0.05, 0) is 18.6 Å². The average Bonchev–Trinajstić information content (AvgIpc) is 2.50. The molecule has 0 aliphatic rings. The maximum atomic E-state index is 13.7. The molecule has 3 N–H and O–H groups in total. The summed E-state index contributed by atoms with van der Waals surface area (Å²) < 4.78 is 24.3. The van der Waals surface area contributed by atoms with E-state index in [0.717, 1.165) is 12.2 Å². The normalized spacial score (nSPS) is 10.2. The largest absolute Gasteiger partial charge is 0.495 e. The van der Waals surface area contributed by atoms with Gasteiger partial charge in [0, 0.05) is 18.7 Å². The number of hydrogen-bond acceptors (Lipinski definition) is 4. The molecule has 112 valence electrons. The second kappa shape index (κ2) is 7.38. The molecule has 4 nitrogen and oxygen atoms in total. The van der Waals surface area contributed by atoms with Crippen LogP contribution in [0.4, 0.5) is 15.8 Å². The fourth-order valence-corrected chi connectivity index (χ4v) is 1.88. The molecule has 0 saturated heterocycles. The highest BCUT2D eigenvalue weighted by molar-refractivity contribution is 5.62. The Balaban J connectivity index is 1.78. The second-order valence-electron chi connectivity index (χ2n) is 4.52. The third-order valence-electron chi connectivity index (χ3n) is 2.97. The lowest BCUT2D eigenvalue weighted by atomic mass is 10.2. The van der Waals surface area contributed by atoms with Gasteiger partial charge in [0.2, 0.25) is 0 Å². The van der Waals surface area contributed by atoms with E-state index in [4.69, 9.17) is 15.2 Å². The quantitative estimate of drug-likeness (QED) is 0.607. The molecule has 0 radical (unpaired) electrons. The van der Waals surface area contributed by atoms with E-state index in [1.165, 1.54) is 13.2 Å². The van der Waals surface area contributed by atoms with Crippen LogP contribution in [0.25, 0.3) is 0 Å². The molecule has 0 aromatic heterocycles. The molecule has 0 bridgehead atoms. The van der Waals surface area contributed by atoms with Crippen molar-refractivity contribution in [1.82, 2.24) is 0 Å². The summed E-state index contributed by atoms with van der Waals surface area (Å²) in [6, 6.07) is 12.4. The molecular weight excluding hydrogens is 271 g/mol. The zero-order valence-corrected chi connectivity index (χ0v) is 11.9. The van der Waals surface area contributed by atoms with E-state index in [1.807, 2.05) is 30.3 Å². The Morgan fingerprint density at radius 2 is 1.95 bits per heavy atom. The van der Waals surface area contributed by atoms with Crippen LogP contribution in [0.1, 0.15) is 6.42 Å². The van der Waals surface area contributed by atoms with Crippen molar-refractivity contribution in [2.24, 2.45) is 0 Å². The molecule has 0 saturated carbocycles. The van der Waals surface area contributed by atoms with Gasteiger partial charge in [-0.25, -0.2) is 4.39 Å². The molecule has 0 aliphatic heterocycles. The van der Waals surface area contributed by atoms with E-state index >= 15 is 0 Å². The van der Waals surface area contributed by atoms with Crippen LogP contribution in [0, 0.1) is 5.82 Å². The molecule has 2 aromatic rings. The molecule has 0 atom stereocenters. The number of hydrogen-bond donors (Lipinski definition) is 2. The number of methoxy groups -OCH3 is 1. The summed E-state index contributed by atoms with van der Waals surface area (Å²) in [5, 5.41) is 3.01. The molecule has 2 rings (SSSR count). The molecule has 21 heavy (non-hydrogen) atoms. The standard InChI is InChI=1S/C16H19FN2O2/c1-20-16-11-15(13(17)10-14(16)18)19-8-5-9-21-12-6-3-2-4-7-12/h2-4,6-7,10-11,19H,5,8-9,18H2,1H3. The molecular formula is C16H19FN2O2. The van der Waals surface area contributed by atoms with Gasteiger partial charge in [0.25, 0.3) is 0 Å². The minimum atomic E-state index is -0.391. The molecule has 5 heteroatoms. The maximum absolute atomic E-state index is 13.7. The highest BCUT2D eigenvalue weighted by Gasteiger charge is 2.07. The molecule has 0 amide bonds. The summed E-state index contributed by atoms with van der Waals surface area (Å²) in [4.78, 5) is 0. The van der Waals surface area contributed by atoms with Crippen molar-refractivity contribution in [2.75, 3.05) is 31.3 Å². The first-order chi connectivity index (χ1) is 10.2. The third kappa shape index (κ3) is 4.27. The van der Waals surface area contributed by atoms with Crippen LogP contribution < -0.4 is 20.5 Å². The average molecular weight is 290 g/mol. The molecule has 0 aliphatic carbocycles. The van der Waals surface area contributed by atoms with Crippen LogP contribution in [0.3, 0.4) is 0 Å². The Labute approximate surface area is 123 Å². The van der Waals surface area contributed by atoms with E-state index in [2.05, 4.69) is 5.32 Å². The summed E-state index contributed by atoms with van der Waals surface area (Å²) in [5.41, 5.74) is 6.29. The van der Waals surface area contributed by atoms with E-state index < -0.39 is 5.82 Å². The van der Waals surface area contributed by atoms with Crippen LogP contribution >= 0.6 is 0 Å². The number of para-hydroxylation sites is 1. The van der Waals surface area contributed by atoms with E-state index in [9.17, 15) is 4.39 Å². The van der Waals surface area contributed by atoms with Crippen LogP contribution in [-0.4, -0.2) is 20.3 Å². The summed E-state index contributed by atoms with van der Waals surface area (Å²) in [5.74, 6) is 0.898. The minimum Gasteiger partial charge on any atom is -0.495 e. The summed E-state index contributed by atoms with van der Waals surface area (Å²) in [6.45, 7) is 1.15. The van der Waals surface area contributed by atoms with Gasteiger partial charge >= 0.3 is 0 Å². The molecule has 2 aromatic carbocycles. The summed E-state index contributed by atoms with van der Waals surface area (Å²) in [7, 11) is 1.50. The monoisotopic (exact) mass is 290 g/mol. The Kier molecular flexibility index (Phi) is 5.26. The minimum absolute atomic E-state index is 0.285. The first-order valence-electron chi connectivity index (χ1n) is 6.75. The van der Waals surface area contributed by atoms with Crippen LogP contribution in [-0.2, 0) is 0 Å². The van der Waals surface area contributed by atoms with Gasteiger partial charge in [-0.1, -0.05) is 18.2 Å². The van der Waals surface area contributed by atoms with Gasteiger partial charge in [-0.2, -0.15) is 0 Å². The fraction of sp³-hybridized carbons (Fsp3) is 0.250. The number of benzene rings is 2. The Morgan fingerprint density at radius 3 is 2.67 bits per heavy atom. The molecule has 0 heterocycles. The van der Waals surface area contributed by atoms with Gasteiger partial charge in [-0.15, -0.1) is 0 Å². The number of halogens is 1. The molecule has 0 fully saturated rings. The van der Waals surface area contributed by atoms with Gasteiger partial charge in [0.05, 0.1) is 25.1 Å². The van der Waals surface area contributed by atoms with Gasteiger partial charge in [0.15, 0.2) is 0 Å². The van der Waals surface area contributed by atoms with Crippen LogP contribution in [0.5, 0.6) is 11.5 Å². The highest BCUT2D eigenvalue weighted by atomic mass is 19.1. The van der Waals surface area contributed by atoms with Crippen molar-refractivity contribution in [2.45, 2.75) is 6.42 Å². The predicted octanol–water partition coefficient (Wildman–Crippen LogP) is 3.30. The predicted molar refractivity (Wildman–Crippen MR) is 82.4 cm³/mol. The molecule has 0 spiro atoms. The van der Waals surface area contributed by atoms with Crippen LogP contribution in [0.2, 0.25) is 0 Å². The van der Waals surface area contributed by atoms with Crippen molar-refractivity contribution >= 4 is 11.4 Å².